The minimum Gasteiger partial charge on any atom is -0.494 e. The standard InChI is InChI=1S/C30H38N4O10S/c1-18(2)15-23(24(27(36)33-40)17-34-29(38)21-7-4-5-8-22(21)30(34)39)26(35)32-25(28(37)31-3)16-19-9-11-20(12-10-19)44-13-6-14-45(41,42)43/h4-5,7-12,18,23-25,40H,6,13-17H2,1-3H3,(H,31,37)(H,32,35)(H,33,36)(H,41,42,43)/t23-,24+,25+/m1/s1. The van der Waals surface area contributed by atoms with E-state index in [9.17, 15) is 37.6 Å². The highest BCUT2D eigenvalue weighted by Crippen LogP contribution is 2.28. The van der Waals surface area contributed by atoms with E-state index >= 15 is 0 Å². The zero-order valence-electron chi connectivity index (χ0n) is 25.2. The molecular weight excluding hydrogens is 608 g/mol. The lowest BCUT2D eigenvalue weighted by atomic mass is 9.83. The molecule has 2 aromatic rings. The van der Waals surface area contributed by atoms with Crippen molar-refractivity contribution in [3.8, 4) is 5.75 Å². The van der Waals surface area contributed by atoms with Gasteiger partial charge in [0.15, 0.2) is 0 Å². The second-order valence-electron chi connectivity index (χ2n) is 11.1. The van der Waals surface area contributed by atoms with Gasteiger partial charge in [-0.1, -0.05) is 38.1 Å². The van der Waals surface area contributed by atoms with Crippen LogP contribution in [0.25, 0.3) is 0 Å². The SMILES string of the molecule is CNC(=O)[C@H](Cc1ccc(OCCCS(=O)(=O)O)cc1)NC(=O)[C@H](CC(C)C)[C@H](CN1C(=O)c2ccccc2C1=O)C(=O)NO. The molecule has 2 aromatic carbocycles. The molecule has 0 unspecified atom stereocenters. The van der Waals surface area contributed by atoms with Crippen LogP contribution in [0.5, 0.6) is 5.75 Å². The van der Waals surface area contributed by atoms with Crippen molar-refractivity contribution in [2.75, 3.05) is 26.0 Å². The summed E-state index contributed by atoms with van der Waals surface area (Å²) in [7, 11) is -2.68. The molecule has 5 amide bonds. The minimum atomic E-state index is -4.09. The second kappa shape index (κ2) is 15.6. The maximum Gasteiger partial charge on any atom is 0.264 e. The van der Waals surface area contributed by atoms with Crippen LogP contribution in [-0.2, 0) is 30.9 Å². The number of imide groups is 1. The fraction of sp³-hybridized carbons (Fsp3) is 0.433. The Labute approximate surface area is 261 Å². The van der Waals surface area contributed by atoms with Crippen molar-refractivity contribution in [2.45, 2.75) is 39.2 Å². The lowest BCUT2D eigenvalue weighted by Gasteiger charge is -2.30. The van der Waals surface area contributed by atoms with Gasteiger partial charge in [-0.25, -0.2) is 5.48 Å². The zero-order chi connectivity index (χ0) is 33.3. The van der Waals surface area contributed by atoms with Crippen LogP contribution in [0.2, 0.25) is 0 Å². The first-order valence-electron chi connectivity index (χ1n) is 14.3. The predicted octanol–water partition coefficient (Wildman–Crippen LogP) is 1.20. The number of hydrogen-bond acceptors (Lipinski definition) is 9. The maximum atomic E-state index is 13.8. The molecule has 0 bridgehead atoms. The molecular formula is C30H38N4O10S. The lowest BCUT2D eigenvalue weighted by Crippen LogP contribution is -2.53. The molecule has 1 aliphatic rings. The number of amides is 5. The van der Waals surface area contributed by atoms with Gasteiger partial charge in [0.25, 0.3) is 21.9 Å². The van der Waals surface area contributed by atoms with Crippen molar-refractivity contribution < 1.29 is 46.9 Å². The topological polar surface area (TPSA) is 209 Å². The maximum absolute atomic E-state index is 13.8. The third-order valence-electron chi connectivity index (χ3n) is 7.31. The number of hydroxylamine groups is 1. The molecule has 0 spiro atoms. The van der Waals surface area contributed by atoms with E-state index in [0.717, 1.165) is 4.90 Å². The van der Waals surface area contributed by atoms with Crippen molar-refractivity contribution in [1.82, 2.24) is 21.0 Å². The molecule has 0 fully saturated rings. The van der Waals surface area contributed by atoms with Gasteiger partial charge in [0, 0.05) is 20.0 Å². The van der Waals surface area contributed by atoms with Gasteiger partial charge in [-0.15, -0.1) is 0 Å². The highest BCUT2D eigenvalue weighted by atomic mass is 32.2. The molecule has 14 nitrogen and oxygen atoms in total. The fourth-order valence-electron chi connectivity index (χ4n) is 5.09. The summed E-state index contributed by atoms with van der Waals surface area (Å²) in [6, 6.07) is 11.7. The van der Waals surface area contributed by atoms with Crippen LogP contribution in [0, 0.1) is 17.8 Å². The summed E-state index contributed by atoms with van der Waals surface area (Å²) in [5.41, 5.74) is 2.54. The number of benzene rings is 2. The quantitative estimate of drug-likeness (QED) is 0.0579. The molecule has 0 aliphatic carbocycles. The van der Waals surface area contributed by atoms with Gasteiger partial charge in [-0.05, 0) is 48.6 Å². The minimum absolute atomic E-state index is 0.0522. The van der Waals surface area contributed by atoms with Gasteiger partial charge < -0.3 is 15.4 Å². The van der Waals surface area contributed by atoms with Crippen LogP contribution in [-0.4, -0.2) is 84.6 Å². The van der Waals surface area contributed by atoms with Crippen molar-refractivity contribution in [2.24, 2.45) is 17.8 Å². The van der Waals surface area contributed by atoms with Gasteiger partial charge >= 0.3 is 0 Å². The Balaban J connectivity index is 1.78. The zero-order valence-corrected chi connectivity index (χ0v) is 26.0. The third kappa shape index (κ3) is 9.57. The highest BCUT2D eigenvalue weighted by molar-refractivity contribution is 7.85. The molecule has 3 atom stereocenters. The number of carbonyl (C=O) groups excluding carboxylic acids is 5. The van der Waals surface area contributed by atoms with Crippen LogP contribution < -0.4 is 20.9 Å². The van der Waals surface area contributed by atoms with Crippen molar-refractivity contribution >= 4 is 39.7 Å². The molecule has 0 saturated heterocycles. The van der Waals surface area contributed by atoms with Crippen LogP contribution in [0.3, 0.4) is 0 Å². The number of nitrogens with zero attached hydrogens (tertiary/aromatic N) is 1. The monoisotopic (exact) mass is 646 g/mol. The van der Waals surface area contributed by atoms with Crippen LogP contribution in [0.15, 0.2) is 48.5 Å². The molecule has 1 heterocycles. The molecule has 15 heteroatoms. The molecule has 0 aromatic heterocycles. The largest absolute Gasteiger partial charge is 0.494 e. The summed E-state index contributed by atoms with van der Waals surface area (Å²) < 4.78 is 36.0. The highest BCUT2D eigenvalue weighted by Gasteiger charge is 2.42. The number of hydrogen-bond donors (Lipinski definition) is 5. The third-order valence-corrected chi connectivity index (χ3v) is 8.11. The summed E-state index contributed by atoms with van der Waals surface area (Å²) in [6.07, 6.45) is 0.278. The fourth-order valence-corrected chi connectivity index (χ4v) is 5.57. The Morgan fingerprint density at radius 2 is 1.51 bits per heavy atom. The van der Waals surface area contributed by atoms with Crippen molar-refractivity contribution in [1.29, 1.82) is 0 Å². The van der Waals surface area contributed by atoms with Gasteiger partial charge in [0.1, 0.15) is 11.8 Å². The Morgan fingerprint density at radius 3 is 2.02 bits per heavy atom. The van der Waals surface area contributed by atoms with E-state index in [2.05, 4.69) is 10.6 Å². The van der Waals surface area contributed by atoms with E-state index in [1.54, 1.807) is 41.9 Å². The number of likely N-dealkylation sites (N-methyl/N-ethyl adjacent to an activating group) is 1. The molecule has 1 aliphatic heterocycles. The second-order valence-corrected chi connectivity index (χ2v) is 12.7. The van der Waals surface area contributed by atoms with E-state index in [-0.39, 0.29) is 42.9 Å². The molecule has 5 N–H and O–H groups in total. The van der Waals surface area contributed by atoms with Gasteiger partial charge in [0.05, 0.1) is 35.3 Å². The van der Waals surface area contributed by atoms with E-state index in [1.807, 2.05) is 13.8 Å². The Kier molecular flexibility index (Phi) is 12.2. The van der Waals surface area contributed by atoms with Gasteiger partial charge in [-0.3, -0.25) is 38.6 Å². The first-order chi connectivity index (χ1) is 21.2. The molecule has 0 radical (unpaired) electrons. The molecule has 45 heavy (non-hydrogen) atoms. The van der Waals surface area contributed by atoms with Crippen LogP contribution >= 0.6 is 0 Å². The van der Waals surface area contributed by atoms with Crippen molar-refractivity contribution in [3.05, 3.63) is 65.2 Å². The normalized spacial score (nSPS) is 14.8. The van der Waals surface area contributed by atoms with Crippen molar-refractivity contribution in [3.63, 3.8) is 0 Å². The van der Waals surface area contributed by atoms with E-state index in [1.165, 1.54) is 19.2 Å². The summed E-state index contributed by atoms with van der Waals surface area (Å²) in [4.78, 5) is 66.5. The van der Waals surface area contributed by atoms with Gasteiger partial charge in [0.2, 0.25) is 17.7 Å². The Morgan fingerprint density at radius 1 is 0.911 bits per heavy atom. The summed E-state index contributed by atoms with van der Waals surface area (Å²) in [5, 5.41) is 14.8. The Bertz CT molecular complexity index is 1480. The average molecular weight is 647 g/mol. The lowest BCUT2D eigenvalue weighted by molar-refractivity contribution is -0.142. The number of rotatable bonds is 16. The van der Waals surface area contributed by atoms with E-state index in [0.29, 0.717) is 11.3 Å². The predicted molar refractivity (Wildman–Crippen MR) is 161 cm³/mol. The summed E-state index contributed by atoms with van der Waals surface area (Å²) in [5.74, 6) is -5.99. The van der Waals surface area contributed by atoms with E-state index in [4.69, 9.17) is 9.29 Å². The molecule has 0 saturated carbocycles. The average Bonchev–Trinajstić information content (AvgIpc) is 3.24. The van der Waals surface area contributed by atoms with Gasteiger partial charge in [-0.2, -0.15) is 8.42 Å². The number of fused-ring (bicyclic) bond motifs is 1. The number of ether oxygens (including phenoxy) is 1. The number of carbonyl (C=O) groups is 5. The smallest absolute Gasteiger partial charge is 0.264 e. The Hall–Kier alpha value is -4.34. The first kappa shape index (κ1) is 35.1. The molecule has 244 valence electrons. The summed E-state index contributed by atoms with van der Waals surface area (Å²) >= 11 is 0. The first-order valence-corrected chi connectivity index (χ1v) is 15.9. The molecule has 3 rings (SSSR count). The summed E-state index contributed by atoms with van der Waals surface area (Å²) in [6.45, 7) is 3.22. The van der Waals surface area contributed by atoms with E-state index < -0.39 is 69.8 Å². The van der Waals surface area contributed by atoms with Crippen LogP contribution in [0.1, 0.15) is 53.0 Å². The van der Waals surface area contributed by atoms with Crippen LogP contribution in [0.4, 0.5) is 0 Å². The number of nitrogens with one attached hydrogen (secondary N) is 3.